The van der Waals surface area contributed by atoms with Crippen molar-refractivity contribution in [2.75, 3.05) is 12.0 Å². The number of hydrogen-bond donors (Lipinski definition) is 0. The van der Waals surface area contributed by atoms with E-state index in [4.69, 9.17) is 4.74 Å². The van der Waals surface area contributed by atoms with Crippen LogP contribution >= 0.6 is 0 Å². The maximum absolute atomic E-state index is 13.9. The van der Waals surface area contributed by atoms with Gasteiger partial charge < -0.3 is 4.74 Å². The van der Waals surface area contributed by atoms with Gasteiger partial charge in [-0.05, 0) is 36.6 Å². The van der Waals surface area contributed by atoms with Crippen molar-refractivity contribution < 1.29 is 9.53 Å². The fourth-order valence-corrected chi connectivity index (χ4v) is 4.40. The maximum Gasteiger partial charge on any atom is 0.264 e. The van der Waals surface area contributed by atoms with Crippen molar-refractivity contribution in [3.05, 3.63) is 107 Å². The van der Waals surface area contributed by atoms with E-state index in [9.17, 15) is 4.79 Å². The summed E-state index contributed by atoms with van der Waals surface area (Å²) in [7, 11) is 1.58. The Labute approximate surface area is 187 Å². The fourth-order valence-electron chi connectivity index (χ4n) is 4.40. The van der Waals surface area contributed by atoms with Crippen LogP contribution in [0.3, 0.4) is 0 Å². The van der Waals surface area contributed by atoms with E-state index in [0.717, 1.165) is 11.1 Å². The molecule has 1 aliphatic rings. The number of hydrogen-bond acceptors (Lipinski definition) is 4. The Morgan fingerprint density at radius 3 is 2.34 bits per heavy atom. The zero-order valence-corrected chi connectivity index (χ0v) is 18.1. The van der Waals surface area contributed by atoms with Crippen LogP contribution < -0.4 is 9.64 Å². The average Bonchev–Trinajstić information content (AvgIpc) is 3.33. The number of benzene rings is 3. The summed E-state index contributed by atoms with van der Waals surface area (Å²) in [6, 6.07) is 25.7. The van der Waals surface area contributed by atoms with Crippen LogP contribution in [0.15, 0.2) is 85.2 Å². The minimum atomic E-state index is -0.199. The second-order valence-electron chi connectivity index (χ2n) is 7.97. The number of carbonyl (C=O) groups is 1. The molecule has 0 fully saturated rings. The van der Waals surface area contributed by atoms with Gasteiger partial charge in [0.25, 0.3) is 5.91 Å². The highest BCUT2D eigenvalue weighted by Crippen LogP contribution is 2.43. The van der Waals surface area contributed by atoms with Gasteiger partial charge in [-0.2, -0.15) is 10.1 Å². The number of amides is 1. The molecule has 3 aromatic carbocycles. The van der Waals surface area contributed by atoms with E-state index in [1.54, 1.807) is 24.1 Å². The minimum absolute atomic E-state index is 0.0262. The van der Waals surface area contributed by atoms with Gasteiger partial charge in [-0.1, -0.05) is 72.3 Å². The summed E-state index contributed by atoms with van der Waals surface area (Å²) in [6.45, 7) is 2.06. The molecule has 2 unspecified atom stereocenters. The lowest BCUT2D eigenvalue weighted by Gasteiger charge is -2.39. The maximum atomic E-state index is 13.9. The molecule has 32 heavy (non-hydrogen) atoms. The number of methoxy groups -OCH3 is 1. The molecule has 2 atom stereocenters. The molecule has 160 valence electrons. The molecule has 2 heterocycles. The molecule has 0 saturated heterocycles. The van der Waals surface area contributed by atoms with Crippen LogP contribution in [-0.4, -0.2) is 27.8 Å². The Bertz CT molecular complexity index is 1230. The lowest BCUT2D eigenvalue weighted by molar-refractivity contribution is 0.0960. The van der Waals surface area contributed by atoms with E-state index >= 15 is 0 Å². The summed E-state index contributed by atoms with van der Waals surface area (Å²) < 4.78 is 7.34. The van der Waals surface area contributed by atoms with Crippen molar-refractivity contribution in [2.45, 2.75) is 25.4 Å². The van der Waals surface area contributed by atoms with E-state index in [-0.39, 0.29) is 18.0 Å². The summed E-state index contributed by atoms with van der Waals surface area (Å²) >= 11 is 0. The van der Waals surface area contributed by atoms with Crippen LogP contribution in [0.25, 0.3) is 0 Å². The van der Waals surface area contributed by atoms with Crippen LogP contribution in [0.5, 0.6) is 5.75 Å². The van der Waals surface area contributed by atoms with Gasteiger partial charge in [0.15, 0.2) is 0 Å². The molecule has 0 aliphatic carbocycles. The van der Waals surface area contributed by atoms with Crippen LogP contribution in [0.1, 0.15) is 45.6 Å². The van der Waals surface area contributed by atoms with E-state index < -0.39 is 0 Å². The first kappa shape index (κ1) is 20.0. The lowest BCUT2D eigenvalue weighted by Crippen LogP contribution is -2.42. The van der Waals surface area contributed by atoms with Crippen LogP contribution in [0.4, 0.5) is 5.95 Å². The Kier molecular flexibility index (Phi) is 5.19. The molecule has 6 heteroatoms. The number of para-hydroxylation sites is 1. The second-order valence-corrected chi connectivity index (χ2v) is 7.97. The highest BCUT2D eigenvalue weighted by Gasteiger charge is 2.40. The van der Waals surface area contributed by atoms with Gasteiger partial charge in [0, 0.05) is 0 Å². The molecule has 0 saturated carbocycles. The third-order valence-corrected chi connectivity index (χ3v) is 6.03. The smallest absolute Gasteiger partial charge is 0.264 e. The number of aromatic nitrogens is 3. The standard InChI is InChI=1S/C26H24N4O2/c1-18-12-14-20(15-13-18)22-16-23(19-8-4-3-5-9-19)30-26(27-17-28-30)29(22)25(31)21-10-6-7-11-24(21)32-2/h3-15,17,22-23H,16H2,1-2H3. The Balaban J connectivity index is 1.66. The zero-order chi connectivity index (χ0) is 22.1. The Hall–Kier alpha value is -3.93. The average molecular weight is 425 g/mol. The fraction of sp³-hybridized carbons (Fsp3) is 0.192. The minimum Gasteiger partial charge on any atom is -0.496 e. The number of ether oxygens (including phenoxy) is 1. The third-order valence-electron chi connectivity index (χ3n) is 6.03. The molecular formula is C26H24N4O2. The van der Waals surface area contributed by atoms with E-state index in [1.165, 1.54) is 11.9 Å². The van der Waals surface area contributed by atoms with Gasteiger partial charge in [-0.25, -0.2) is 4.68 Å². The predicted octanol–water partition coefficient (Wildman–Crippen LogP) is 4.98. The third kappa shape index (κ3) is 3.43. The van der Waals surface area contributed by atoms with Crippen molar-refractivity contribution >= 4 is 11.9 Å². The van der Waals surface area contributed by atoms with Crippen molar-refractivity contribution in [3.8, 4) is 5.75 Å². The molecule has 1 aromatic heterocycles. The molecule has 1 amide bonds. The first-order valence-corrected chi connectivity index (χ1v) is 10.6. The van der Waals surface area contributed by atoms with Gasteiger partial charge in [0.1, 0.15) is 12.1 Å². The van der Waals surface area contributed by atoms with E-state index in [2.05, 4.69) is 53.4 Å². The van der Waals surface area contributed by atoms with Crippen molar-refractivity contribution in [2.24, 2.45) is 0 Å². The number of aryl methyl sites for hydroxylation is 1. The molecule has 4 aromatic rings. The number of carbonyl (C=O) groups excluding carboxylic acids is 1. The topological polar surface area (TPSA) is 60.2 Å². The highest BCUT2D eigenvalue weighted by atomic mass is 16.5. The molecule has 0 radical (unpaired) electrons. The van der Waals surface area contributed by atoms with E-state index in [1.807, 2.05) is 35.0 Å². The summed E-state index contributed by atoms with van der Waals surface area (Å²) in [6.07, 6.45) is 2.20. The lowest BCUT2D eigenvalue weighted by atomic mass is 9.91. The van der Waals surface area contributed by atoms with Gasteiger partial charge in [-0.3, -0.25) is 9.69 Å². The molecule has 0 bridgehead atoms. The van der Waals surface area contributed by atoms with Crippen LogP contribution in [0.2, 0.25) is 0 Å². The van der Waals surface area contributed by atoms with Gasteiger partial charge in [0.2, 0.25) is 5.95 Å². The quantitative estimate of drug-likeness (QED) is 0.464. The number of nitrogens with zero attached hydrogens (tertiary/aromatic N) is 4. The highest BCUT2D eigenvalue weighted by molar-refractivity contribution is 6.07. The van der Waals surface area contributed by atoms with Gasteiger partial charge >= 0.3 is 0 Å². The Morgan fingerprint density at radius 2 is 1.59 bits per heavy atom. The van der Waals surface area contributed by atoms with Crippen molar-refractivity contribution in [3.63, 3.8) is 0 Å². The first-order chi connectivity index (χ1) is 15.7. The van der Waals surface area contributed by atoms with Gasteiger partial charge in [-0.15, -0.1) is 0 Å². The molecule has 5 rings (SSSR count). The predicted molar refractivity (Wildman–Crippen MR) is 123 cm³/mol. The number of anilines is 1. The summed E-state index contributed by atoms with van der Waals surface area (Å²) in [5.74, 6) is 0.914. The molecular weight excluding hydrogens is 400 g/mol. The zero-order valence-electron chi connectivity index (χ0n) is 18.1. The van der Waals surface area contributed by atoms with E-state index in [0.29, 0.717) is 23.7 Å². The number of rotatable bonds is 4. The van der Waals surface area contributed by atoms with Crippen LogP contribution in [-0.2, 0) is 0 Å². The van der Waals surface area contributed by atoms with Crippen molar-refractivity contribution in [1.29, 1.82) is 0 Å². The molecule has 1 aliphatic heterocycles. The first-order valence-electron chi connectivity index (χ1n) is 10.6. The normalized spacial score (nSPS) is 17.6. The number of fused-ring (bicyclic) bond motifs is 1. The molecule has 6 nitrogen and oxygen atoms in total. The Morgan fingerprint density at radius 1 is 0.906 bits per heavy atom. The molecule has 0 N–H and O–H groups in total. The van der Waals surface area contributed by atoms with Crippen LogP contribution in [0, 0.1) is 6.92 Å². The SMILES string of the molecule is COc1ccccc1C(=O)N1c2ncnn2C(c2ccccc2)CC1c1ccc(C)cc1. The summed E-state index contributed by atoms with van der Waals surface area (Å²) in [5, 5.41) is 4.51. The molecule has 0 spiro atoms. The van der Waals surface area contributed by atoms with Gasteiger partial charge in [0.05, 0.1) is 24.8 Å². The summed E-state index contributed by atoms with van der Waals surface area (Å²) in [5.41, 5.74) is 3.88. The second kappa shape index (κ2) is 8.30. The monoisotopic (exact) mass is 424 g/mol. The summed E-state index contributed by atoms with van der Waals surface area (Å²) in [4.78, 5) is 20.2. The van der Waals surface area contributed by atoms with Crippen molar-refractivity contribution in [1.82, 2.24) is 14.8 Å². The largest absolute Gasteiger partial charge is 0.496 e.